The number of amides is 2. The molecule has 1 saturated carbocycles. The molecule has 1 aliphatic rings. The van der Waals surface area contributed by atoms with Crippen molar-refractivity contribution in [3.63, 3.8) is 0 Å². The van der Waals surface area contributed by atoms with Crippen molar-refractivity contribution >= 4 is 17.5 Å². The molecule has 2 unspecified atom stereocenters. The molecule has 0 bridgehead atoms. The predicted molar refractivity (Wildman–Crippen MR) is 82.7 cm³/mol. The highest BCUT2D eigenvalue weighted by Gasteiger charge is 2.31. The summed E-state index contributed by atoms with van der Waals surface area (Å²) in [6.07, 6.45) is 3.38. The van der Waals surface area contributed by atoms with E-state index in [1.54, 1.807) is 7.05 Å². The van der Waals surface area contributed by atoms with E-state index in [0.717, 1.165) is 30.5 Å². The molecule has 5 nitrogen and oxygen atoms in total. The smallest absolute Gasteiger partial charge is 0.227 e. The van der Waals surface area contributed by atoms with Crippen molar-refractivity contribution < 1.29 is 9.59 Å². The third-order valence-corrected chi connectivity index (χ3v) is 4.16. The minimum atomic E-state index is -0.0245. The Labute approximate surface area is 125 Å². The maximum Gasteiger partial charge on any atom is 0.227 e. The number of nitrogens with one attached hydrogen (secondary N) is 2. The molecule has 2 atom stereocenters. The molecule has 0 aromatic heterocycles. The zero-order chi connectivity index (χ0) is 15.2. The molecule has 0 radical (unpaired) electrons. The number of benzene rings is 1. The monoisotopic (exact) mass is 289 g/mol. The molecule has 0 heterocycles. The molecule has 0 saturated heterocycles. The van der Waals surface area contributed by atoms with E-state index in [9.17, 15) is 9.59 Å². The zero-order valence-corrected chi connectivity index (χ0v) is 12.4. The fourth-order valence-corrected chi connectivity index (χ4v) is 2.88. The van der Waals surface area contributed by atoms with Gasteiger partial charge in [0, 0.05) is 18.7 Å². The van der Waals surface area contributed by atoms with E-state index < -0.39 is 0 Å². The summed E-state index contributed by atoms with van der Waals surface area (Å²) < 4.78 is 0. The first kappa shape index (κ1) is 15.5. The summed E-state index contributed by atoms with van der Waals surface area (Å²) in [5.74, 6) is 0.364. The molecule has 1 aromatic rings. The molecular formula is C16H23N3O2. The van der Waals surface area contributed by atoms with Crippen molar-refractivity contribution in [1.82, 2.24) is 5.32 Å². The van der Waals surface area contributed by atoms with Gasteiger partial charge in [-0.15, -0.1) is 0 Å². The summed E-state index contributed by atoms with van der Waals surface area (Å²) in [5.41, 5.74) is 7.41. The standard InChI is InChI=1S/C16H23N3O2/c1-18-15(20)9-11-5-7-13(8-6-11)19-16(21)14-4-2-3-12(14)10-17/h5-8,12,14H,2-4,9-10,17H2,1H3,(H,18,20)(H,19,21). The minimum absolute atomic E-state index is 0.0245. The second-order valence-corrected chi connectivity index (χ2v) is 5.57. The van der Waals surface area contributed by atoms with Crippen LogP contribution in [-0.2, 0) is 16.0 Å². The highest BCUT2D eigenvalue weighted by atomic mass is 16.2. The lowest BCUT2D eigenvalue weighted by molar-refractivity contribution is -0.121. The van der Waals surface area contributed by atoms with Crippen LogP contribution in [0.2, 0.25) is 0 Å². The number of rotatable bonds is 5. The van der Waals surface area contributed by atoms with Crippen LogP contribution in [0.5, 0.6) is 0 Å². The maximum atomic E-state index is 12.3. The normalized spacial score (nSPS) is 21.0. The fraction of sp³-hybridized carbons (Fsp3) is 0.500. The van der Waals surface area contributed by atoms with Crippen LogP contribution in [0.4, 0.5) is 5.69 Å². The third kappa shape index (κ3) is 4.04. The number of carbonyl (C=O) groups is 2. The van der Waals surface area contributed by atoms with Crippen LogP contribution in [0.1, 0.15) is 24.8 Å². The lowest BCUT2D eigenvalue weighted by atomic mass is 9.95. The molecule has 2 amide bonds. The van der Waals surface area contributed by atoms with E-state index >= 15 is 0 Å². The van der Waals surface area contributed by atoms with Crippen LogP contribution in [0.25, 0.3) is 0 Å². The van der Waals surface area contributed by atoms with Gasteiger partial charge in [-0.3, -0.25) is 9.59 Å². The third-order valence-electron chi connectivity index (χ3n) is 4.16. The molecule has 1 aromatic carbocycles. The quantitative estimate of drug-likeness (QED) is 0.763. The van der Waals surface area contributed by atoms with E-state index in [4.69, 9.17) is 5.73 Å². The largest absolute Gasteiger partial charge is 0.359 e. The Morgan fingerprint density at radius 3 is 2.57 bits per heavy atom. The van der Waals surface area contributed by atoms with Gasteiger partial charge in [-0.05, 0) is 43.0 Å². The molecular weight excluding hydrogens is 266 g/mol. The van der Waals surface area contributed by atoms with Gasteiger partial charge in [0.15, 0.2) is 0 Å². The Hall–Kier alpha value is -1.88. The molecule has 5 heteroatoms. The van der Waals surface area contributed by atoms with Crippen LogP contribution in [-0.4, -0.2) is 25.4 Å². The van der Waals surface area contributed by atoms with Crippen molar-refractivity contribution in [2.45, 2.75) is 25.7 Å². The maximum absolute atomic E-state index is 12.3. The van der Waals surface area contributed by atoms with E-state index in [2.05, 4.69) is 10.6 Å². The van der Waals surface area contributed by atoms with Gasteiger partial charge in [0.05, 0.1) is 6.42 Å². The van der Waals surface area contributed by atoms with E-state index in [1.807, 2.05) is 24.3 Å². The summed E-state index contributed by atoms with van der Waals surface area (Å²) >= 11 is 0. The lowest BCUT2D eigenvalue weighted by Gasteiger charge is -2.17. The van der Waals surface area contributed by atoms with Crippen LogP contribution in [0.3, 0.4) is 0 Å². The summed E-state index contributed by atoms with van der Waals surface area (Å²) in [6.45, 7) is 0.573. The summed E-state index contributed by atoms with van der Waals surface area (Å²) in [5, 5.41) is 5.54. The van der Waals surface area contributed by atoms with E-state index in [1.165, 1.54) is 0 Å². The number of nitrogens with two attached hydrogens (primary N) is 1. The number of likely N-dealkylation sites (N-methyl/N-ethyl adjacent to an activating group) is 1. The Bertz CT molecular complexity index is 499. The van der Waals surface area contributed by atoms with Gasteiger partial charge >= 0.3 is 0 Å². The Balaban J connectivity index is 1.93. The second-order valence-electron chi connectivity index (χ2n) is 5.57. The minimum Gasteiger partial charge on any atom is -0.359 e. The molecule has 1 aliphatic carbocycles. The van der Waals surface area contributed by atoms with Crippen molar-refractivity contribution in [1.29, 1.82) is 0 Å². The van der Waals surface area contributed by atoms with Crippen LogP contribution < -0.4 is 16.4 Å². The Kier molecular flexibility index (Phi) is 5.33. The van der Waals surface area contributed by atoms with E-state index in [-0.39, 0.29) is 17.7 Å². The summed E-state index contributed by atoms with van der Waals surface area (Å²) in [6, 6.07) is 7.39. The SMILES string of the molecule is CNC(=O)Cc1ccc(NC(=O)C2CCCC2CN)cc1. The van der Waals surface area contributed by atoms with Gasteiger partial charge in [-0.25, -0.2) is 0 Å². The first-order valence-electron chi connectivity index (χ1n) is 7.44. The summed E-state index contributed by atoms with van der Waals surface area (Å²) in [4.78, 5) is 23.6. The first-order valence-corrected chi connectivity index (χ1v) is 7.44. The first-order chi connectivity index (χ1) is 10.1. The highest BCUT2D eigenvalue weighted by Crippen LogP contribution is 2.31. The predicted octanol–water partition coefficient (Wildman–Crippen LogP) is 1.29. The molecule has 1 fully saturated rings. The number of hydrogen-bond acceptors (Lipinski definition) is 3. The molecule has 4 N–H and O–H groups in total. The van der Waals surface area contributed by atoms with Crippen molar-refractivity contribution in [2.75, 3.05) is 18.9 Å². The molecule has 114 valence electrons. The number of hydrogen-bond donors (Lipinski definition) is 3. The van der Waals surface area contributed by atoms with Gasteiger partial charge in [-0.1, -0.05) is 18.6 Å². The molecule has 0 spiro atoms. The fourth-order valence-electron chi connectivity index (χ4n) is 2.88. The van der Waals surface area contributed by atoms with Crippen LogP contribution in [0, 0.1) is 11.8 Å². The van der Waals surface area contributed by atoms with Crippen LogP contribution in [0.15, 0.2) is 24.3 Å². The average Bonchev–Trinajstić information content (AvgIpc) is 2.97. The van der Waals surface area contributed by atoms with Gasteiger partial charge in [0.2, 0.25) is 11.8 Å². The zero-order valence-electron chi connectivity index (χ0n) is 12.4. The molecule has 0 aliphatic heterocycles. The van der Waals surface area contributed by atoms with Gasteiger partial charge in [0.25, 0.3) is 0 Å². The van der Waals surface area contributed by atoms with Gasteiger partial charge in [0.1, 0.15) is 0 Å². The van der Waals surface area contributed by atoms with Crippen LogP contribution >= 0.6 is 0 Å². The highest BCUT2D eigenvalue weighted by molar-refractivity contribution is 5.93. The number of carbonyl (C=O) groups excluding carboxylic acids is 2. The van der Waals surface area contributed by atoms with Crippen molar-refractivity contribution in [2.24, 2.45) is 17.6 Å². The van der Waals surface area contributed by atoms with Gasteiger partial charge < -0.3 is 16.4 Å². The molecule has 2 rings (SSSR count). The number of anilines is 1. The summed E-state index contributed by atoms with van der Waals surface area (Å²) in [7, 11) is 1.62. The van der Waals surface area contributed by atoms with Crippen molar-refractivity contribution in [3.8, 4) is 0 Å². The lowest BCUT2D eigenvalue weighted by Crippen LogP contribution is -2.29. The van der Waals surface area contributed by atoms with E-state index in [0.29, 0.717) is 18.9 Å². The molecule has 21 heavy (non-hydrogen) atoms. The Morgan fingerprint density at radius 2 is 1.95 bits per heavy atom. The average molecular weight is 289 g/mol. The van der Waals surface area contributed by atoms with Gasteiger partial charge in [-0.2, -0.15) is 0 Å². The second kappa shape index (κ2) is 7.22. The Morgan fingerprint density at radius 1 is 1.24 bits per heavy atom. The van der Waals surface area contributed by atoms with Crippen molar-refractivity contribution in [3.05, 3.63) is 29.8 Å². The topological polar surface area (TPSA) is 84.2 Å².